The normalized spacial score (nSPS) is 10.6. The molecule has 0 unspecified atom stereocenters. The SMILES string of the molecule is Cc1ccc(-c2nnc(C(=O)c3cccs3)o2)cc1. The number of aryl methyl sites for hydroxylation is 1. The number of hydrogen-bond donors (Lipinski definition) is 0. The lowest BCUT2D eigenvalue weighted by Gasteiger charge is -1.95. The first-order valence-electron chi connectivity index (χ1n) is 5.73. The van der Waals surface area contributed by atoms with Gasteiger partial charge in [0.25, 0.3) is 11.7 Å². The second-order valence-electron chi connectivity index (χ2n) is 4.08. The van der Waals surface area contributed by atoms with Gasteiger partial charge in [-0.2, -0.15) is 0 Å². The fourth-order valence-corrected chi connectivity index (χ4v) is 2.30. The largest absolute Gasteiger partial charge is 0.413 e. The molecule has 94 valence electrons. The molecule has 3 rings (SSSR count). The van der Waals surface area contributed by atoms with Gasteiger partial charge in [-0.25, -0.2) is 0 Å². The van der Waals surface area contributed by atoms with Gasteiger partial charge in [0.1, 0.15) is 0 Å². The predicted molar refractivity (Wildman–Crippen MR) is 72.2 cm³/mol. The third-order valence-corrected chi connectivity index (χ3v) is 3.53. The van der Waals surface area contributed by atoms with Crippen molar-refractivity contribution in [1.29, 1.82) is 0 Å². The summed E-state index contributed by atoms with van der Waals surface area (Å²) < 4.78 is 5.43. The van der Waals surface area contributed by atoms with Crippen LogP contribution in [-0.4, -0.2) is 16.0 Å². The van der Waals surface area contributed by atoms with Crippen LogP contribution in [0.3, 0.4) is 0 Å². The van der Waals surface area contributed by atoms with Crippen molar-refractivity contribution in [2.24, 2.45) is 0 Å². The lowest BCUT2D eigenvalue weighted by atomic mass is 10.1. The van der Waals surface area contributed by atoms with E-state index in [1.165, 1.54) is 11.3 Å². The van der Waals surface area contributed by atoms with Crippen molar-refractivity contribution in [3.8, 4) is 11.5 Å². The molecule has 4 nitrogen and oxygen atoms in total. The topological polar surface area (TPSA) is 56.0 Å². The molecule has 0 spiro atoms. The van der Waals surface area contributed by atoms with Crippen LogP contribution in [0.25, 0.3) is 11.5 Å². The highest BCUT2D eigenvalue weighted by Gasteiger charge is 2.18. The van der Waals surface area contributed by atoms with Crippen molar-refractivity contribution in [3.63, 3.8) is 0 Å². The molecule has 0 bridgehead atoms. The molecule has 0 aliphatic heterocycles. The number of ketones is 1. The van der Waals surface area contributed by atoms with Gasteiger partial charge in [-0.05, 0) is 30.5 Å². The van der Waals surface area contributed by atoms with E-state index in [-0.39, 0.29) is 11.7 Å². The van der Waals surface area contributed by atoms with Gasteiger partial charge in [-0.15, -0.1) is 21.5 Å². The number of hydrogen-bond acceptors (Lipinski definition) is 5. The van der Waals surface area contributed by atoms with E-state index in [0.717, 1.165) is 11.1 Å². The number of carbonyl (C=O) groups excluding carboxylic acids is 1. The number of rotatable bonds is 3. The third kappa shape index (κ3) is 2.32. The Kier molecular flexibility index (Phi) is 2.97. The van der Waals surface area contributed by atoms with E-state index in [1.54, 1.807) is 6.07 Å². The van der Waals surface area contributed by atoms with Gasteiger partial charge < -0.3 is 4.42 Å². The monoisotopic (exact) mass is 270 g/mol. The molecule has 19 heavy (non-hydrogen) atoms. The molecule has 0 atom stereocenters. The van der Waals surface area contributed by atoms with Gasteiger partial charge >= 0.3 is 0 Å². The summed E-state index contributed by atoms with van der Waals surface area (Å²) in [6.45, 7) is 2.00. The molecule has 5 heteroatoms. The summed E-state index contributed by atoms with van der Waals surface area (Å²) in [7, 11) is 0. The zero-order valence-corrected chi connectivity index (χ0v) is 11.0. The minimum Gasteiger partial charge on any atom is -0.413 e. The Balaban J connectivity index is 1.91. The number of benzene rings is 1. The van der Waals surface area contributed by atoms with Crippen molar-refractivity contribution in [2.45, 2.75) is 6.92 Å². The summed E-state index contributed by atoms with van der Waals surface area (Å²) in [4.78, 5) is 12.6. The van der Waals surface area contributed by atoms with E-state index in [4.69, 9.17) is 4.42 Å². The molecule has 0 saturated heterocycles. The van der Waals surface area contributed by atoms with Crippen LogP contribution in [0.5, 0.6) is 0 Å². The molecule has 0 amide bonds. The summed E-state index contributed by atoms with van der Waals surface area (Å²) in [6.07, 6.45) is 0. The van der Waals surface area contributed by atoms with Crippen LogP contribution in [0, 0.1) is 6.92 Å². The number of nitrogens with zero attached hydrogens (tertiary/aromatic N) is 2. The Bertz CT molecular complexity index is 699. The molecule has 0 fully saturated rings. The summed E-state index contributed by atoms with van der Waals surface area (Å²) in [5.74, 6) is 0.152. The molecule has 0 saturated carbocycles. The minimum absolute atomic E-state index is 0.0259. The highest BCUT2D eigenvalue weighted by molar-refractivity contribution is 7.12. The number of carbonyl (C=O) groups is 1. The van der Waals surface area contributed by atoms with Crippen LogP contribution >= 0.6 is 11.3 Å². The molecular weight excluding hydrogens is 260 g/mol. The van der Waals surface area contributed by atoms with Crippen molar-refractivity contribution in [1.82, 2.24) is 10.2 Å². The fraction of sp³-hybridized carbons (Fsp3) is 0.0714. The van der Waals surface area contributed by atoms with Crippen LogP contribution in [-0.2, 0) is 0 Å². The van der Waals surface area contributed by atoms with Gasteiger partial charge in [0.05, 0.1) is 4.88 Å². The maximum atomic E-state index is 12.0. The smallest absolute Gasteiger partial charge is 0.290 e. The van der Waals surface area contributed by atoms with Crippen LogP contribution in [0.15, 0.2) is 46.2 Å². The Labute approximate surface area is 113 Å². The van der Waals surface area contributed by atoms with Gasteiger partial charge in [-0.1, -0.05) is 23.8 Å². The Morgan fingerprint density at radius 3 is 2.63 bits per heavy atom. The van der Waals surface area contributed by atoms with E-state index < -0.39 is 0 Å². The predicted octanol–water partition coefficient (Wildman–Crippen LogP) is 3.34. The first-order valence-corrected chi connectivity index (χ1v) is 6.61. The van der Waals surface area contributed by atoms with Crippen molar-refractivity contribution in [3.05, 3.63) is 58.1 Å². The van der Waals surface area contributed by atoms with E-state index >= 15 is 0 Å². The van der Waals surface area contributed by atoms with Gasteiger partial charge in [0, 0.05) is 5.56 Å². The Morgan fingerprint density at radius 2 is 1.95 bits per heavy atom. The van der Waals surface area contributed by atoms with E-state index in [1.807, 2.05) is 42.6 Å². The summed E-state index contributed by atoms with van der Waals surface area (Å²) in [5, 5.41) is 9.56. The zero-order valence-electron chi connectivity index (χ0n) is 10.2. The molecule has 0 aliphatic rings. The highest BCUT2D eigenvalue weighted by Crippen LogP contribution is 2.20. The first kappa shape index (κ1) is 11.8. The lowest BCUT2D eigenvalue weighted by Crippen LogP contribution is -1.98. The summed E-state index contributed by atoms with van der Waals surface area (Å²) in [6, 6.07) is 11.3. The van der Waals surface area contributed by atoms with Crippen LogP contribution < -0.4 is 0 Å². The summed E-state index contributed by atoms with van der Waals surface area (Å²) >= 11 is 1.36. The van der Waals surface area contributed by atoms with Crippen molar-refractivity contribution >= 4 is 17.1 Å². The molecule has 2 heterocycles. The van der Waals surface area contributed by atoms with Crippen molar-refractivity contribution in [2.75, 3.05) is 0 Å². The first-order chi connectivity index (χ1) is 9.24. The second-order valence-corrected chi connectivity index (χ2v) is 5.03. The summed E-state index contributed by atoms with van der Waals surface area (Å²) in [5.41, 5.74) is 1.96. The van der Waals surface area contributed by atoms with E-state index in [2.05, 4.69) is 10.2 Å². The zero-order chi connectivity index (χ0) is 13.2. The third-order valence-electron chi connectivity index (χ3n) is 2.66. The Morgan fingerprint density at radius 1 is 1.16 bits per heavy atom. The molecule has 2 aromatic heterocycles. The van der Waals surface area contributed by atoms with E-state index in [0.29, 0.717) is 10.8 Å². The minimum atomic E-state index is -0.235. The second kappa shape index (κ2) is 4.78. The highest BCUT2D eigenvalue weighted by atomic mass is 32.1. The standard InChI is InChI=1S/C14H10N2O2S/c1-9-4-6-10(7-5-9)13-15-16-14(18-13)12(17)11-3-2-8-19-11/h2-8H,1H3. The molecule has 0 N–H and O–H groups in total. The van der Waals surface area contributed by atoms with Crippen LogP contribution in [0.4, 0.5) is 0 Å². The number of thiophene rings is 1. The van der Waals surface area contributed by atoms with Gasteiger partial charge in [0.2, 0.25) is 5.89 Å². The maximum absolute atomic E-state index is 12.0. The lowest BCUT2D eigenvalue weighted by molar-refractivity contribution is 0.101. The van der Waals surface area contributed by atoms with Crippen LogP contribution in [0.1, 0.15) is 21.1 Å². The molecular formula is C14H10N2O2S. The number of aromatic nitrogens is 2. The van der Waals surface area contributed by atoms with Crippen LogP contribution in [0.2, 0.25) is 0 Å². The fourth-order valence-electron chi connectivity index (χ4n) is 1.64. The average molecular weight is 270 g/mol. The molecule has 0 aliphatic carbocycles. The van der Waals surface area contributed by atoms with Gasteiger partial charge in [0.15, 0.2) is 0 Å². The maximum Gasteiger partial charge on any atom is 0.290 e. The van der Waals surface area contributed by atoms with E-state index in [9.17, 15) is 4.79 Å². The van der Waals surface area contributed by atoms with Gasteiger partial charge in [-0.3, -0.25) is 4.79 Å². The van der Waals surface area contributed by atoms with Crippen molar-refractivity contribution < 1.29 is 9.21 Å². The quantitative estimate of drug-likeness (QED) is 0.685. The average Bonchev–Trinajstić information content (AvgIpc) is 3.10. The molecule has 1 aromatic carbocycles. The molecule has 0 radical (unpaired) electrons. The Hall–Kier alpha value is -2.27. The molecule has 3 aromatic rings.